The molecule has 1 aromatic carbocycles. The molecule has 1 N–H and O–H groups in total. The van der Waals surface area contributed by atoms with Gasteiger partial charge in [-0.2, -0.15) is 0 Å². The van der Waals surface area contributed by atoms with Crippen LogP contribution < -0.4 is 0 Å². The van der Waals surface area contributed by atoms with Crippen molar-refractivity contribution in [2.24, 2.45) is 0 Å². The molecule has 3 rings (SSSR count). The molecule has 0 saturated carbocycles. The highest BCUT2D eigenvalue weighted by Gasteiger charge is 2.34. The summed E-state index contributed by atoms with van der Waals surface area (Å²) in [4.78, 5) is 2.28. The van der Waals surface area contributed by atoms with Gasteiger partial charge in [-0.3, -0.25) is 4.90 Å². The molecular weight excluding hydrogens is 238 g/mol. The van der Waals surface area contributed by atoms with Crippen molar-refractivity contribution in [1.82, 2.24) is 4.90 Å². The van der Waals surface area contributed by atoms with Crippen LogP contribution in [-0.4, -0.2) is 42.4 Å². The molecular formula is C16H23NO2. The van der Waals surface area contributed by atoms with E-state index in [0.717, 1.165) is 31.6 Å². The van der Waals surface area contributed by atoms with Gasteiger partial charge in [-0.05, 0) is 43.9 Å². The summed E-state index contributed by atoms with van der Waals surface area (Å²) >= 11 is 0. The highest BCUT2D eigenvalue weighted by molar-refractivity contribution is 5.35. The quantitative estimate of drug-likeness (QED) is 0.905. The predicted molar refractivity (Wildman–Crippen MR) is 75.1 cm³/mol. The van der Waals surface area contributed by atoms with E-state index in [1.165, 1.54) is 18.4 Å². The van der Waals surface area contributed by atoms with Crippen LogP contribution >= 0.6 is 0 Å². The van der Waals surface area contributed by atoms with Crippen LogP contribution in [0.25, 0.3) is 0 Å². The minimum absolute atomic E-state index is 0.197. The van der Waals surface area contributed by atoms with Gasteiger partial charge in [0.05, 0.1) is 12.2 Å². The summed E-state index contributed by atoms with van der Waals surface area (Å²) in [6, 6.07) is 8.43. The summed E-state index contributed by atoms with van der Waals surface area (Å²) < 4.78 is 5.80. The Morgan fingerprint density at radius 2 is 2.16 bits per heavy atom. The van der Waals surface area contributed by atoms with Crippen LogP contribution in [0.5, 0.6) is 0 Å². The van der Waals surface area contributed by atoms with Crippen LogP contribution in [0.3, 0.4) is 0 Å². The molecule has 19 heavy (non-hydrogen) atoms. The highest BCUT2D eigenvalue weighted by atomic mass is 16.5. The van der Waals surface area contributed by atoms with Crippen molar-refractivity contribution in [2.45, 2.75) is 43.9 Å². The van der Waals surface area contributed by atoms with E-state index in [4.69, 9.17) is 4.74 Å². The third kappa shape index (κ3) is 2.69. The number of benzene rings is 1. The van der Waals surface area contributed by atoms with Gasteiger partial charge in [0.25, 0.3) is 0 Å². The van der Waals surface area contributed by atoms with E-state index in [1.54, 1.807) is 0 Å². The molecule has 0 bridgehead atoms. The minimum Gasteiger partial charge on any atom is -0.387 e. The maximum Gasteiger partial charge on any atom is 0.0950 e. The number of nitrogens with zero attached hydrogens (tertiary/aromatic N) is 1. The van der Waals surface area contributed by atoms with Gasteiger partial charge < -0.3 is 9.84 Å². The standard InChI is InChI=1S/C16H23NO2/c1-17(11-13-7-4-5-9-19-13)15-10-12-6-2-3-8-14(12)16(15)18/h2-3,6,8,13,15-16,18H,4-5,7,9-11H2,1H3. The van der Waals surface area contributed by atoms with Crippen molar-refractivity contribution in [3.63, 3.8) is 0 Å². The fourth-order valence-electron chi connectivity index (χ4n) is 3.36. The third-order valence-electron chi connectivity index (χ3n) is 4.50. The number of hydrogen-bond acceptors (Lipinski definition) is 3. The highest BCUT2D eigenvalue weighted by Crippen LogP contribution is 2.34. The Kier molecular flexibility index (Phi) is 3.87. The minimum atomic E-state index is -0.357. The monoisotopic (exact) mass is 261 g/mol. The molecule has 0 amide bonds. The average molecular weight is 261 g/mol. The van der Waals surface area contributed by atoms with Crippen molar-refractivity contribution in [3.05, 3.63) is 35.4 Å². The maximum atomic E-state index is 10.5. The molecule has 1 saturated heterocycles. The van der Waals surface area contributed by atoms with Gasteiger partial charge in [-0.25, -0.2) is 0 Å². The summed E-state index contributed by atoms with van der Waals surface area (Å²) in [6.45, 7) is 1.82. The van der Waals surface area contributed by atoms with Gasteiger partial charge in [-0.15, -0.1) is 0 Å². The predicted octanol–water partition coefficient (Wildman–Crippen LogP) is 2.15. The number of hydrogen-bond donors (Lipinski definition) is 1. The Bertz CT molecular complexity index is 429. The van der Waals surface area contributed by atoms with E-state index in [1.807, 2.05) is 12.1 Å². The molecule has 3 heteroatoms. The Balaban J connectivity index is 1.64. The summed E-state index contributed by atoms with van der Waals surface area (Å²) in [5.74, 6) is 0. The van der Waals surface area contributed by atoms with E-state index >= 15 is 0 Å². The van der Waals surface area contributed by atoms with Crippen LogP contribution in [0.4, 0.5) is 0 Å². The lowest BCUT2D eigenvalue weighted by molar-refractivity contribution is -0.0206. The Hall–Kier alpha value is -0.900. The topological polar surface area (TPSA) is 32.7 Å². The van der Waals surface area contributed by atoms with Crippen molar-refractivity contribution in [1.29, 1.82) is 0 Å². The summed E-state index contributed by atoms with van der Waals surface area (Å²) in [5.41, 5.74) is 2.39. The van der Waals surface area contributed by atoms with Gasteiger partial charge >= 0.3 is 0 Å². The van der Waals surface area contributed by atoms with E-state index in [9.17, 15) is 5.11 Å². The number of aliphatic hydroxyl groups is 1. The number of ether oxygens (including phenoxy) is 1. The molecule has 3 atom stereocenters. The first-order valence-electron chi connectivity index (χ1n) is 7.33. The molecule has 3 nitrogen and oxygen atoms in total. The molecule has 3 unspecified atom stereocenters. The third-order valence-corrected chi connectivity index (χ3v) is 4.50. The van der Waals surface area contributed by atoms with Crippen molar-refractivity contribution < 1.29 is 9.84 Å². The number of fused-ring (bicyclic) bond motifs is 1. The smallest absolute Gasteiger partial charge is 0.0950 e. The van der Waals surface area contributed by atoms with E-state index in [0.29, 0.717) is 6.10 Å². The molecule has 0 aromatic heterocycles. The van der Waals surface area contributed by atoms with Gasteiger partial charge in [0.2, 0.25) is 0 Å². The van der Waals surface area contributed by atoms with Crippen LogP contribution in [-0.2, 0) is 11.2 Å². The number of rotatable bonds is 3. The second-order valence-corrected chi connectivity index (χ2v) is 5.84. The first-order chi connectivity index (χ1) is 9.25. The summed E-state index contributed by atoms with van der Waals surface area (Å²) in [5, 5.41) is 10.5. The van der Waals surface area contributed by atoms with Crippen LogP contribution in [0, 0.1) is 0 Å². The zero-order valence-corrected chi connectivity index (χ0v) is 11.6. The van der Waals surface area contributed by atoms with Crippen LogP contribution in [0.15, 0.2) is 24.3 Å². The molecule has 2 aliphatic rings. The van der Waals surface area contributed by atoms with Gasteiger partial charge in [-0.1, -0.05) is 24.3 Å². The largest absolute Gasteiger partial charge is 0.387 e. The zero-order chi connectivity index (χ0) is 13.2. The lowest BCUT2D eigenvalue weighted by atomic mass is 10.1. The van der Waals surface area contributed by atoms with Gasteiger partial charge in [0, 0.05) is 19.2 Å². The second kappa shape index (κ2) is 5.61. The van der Waals surface area contributed by atoms with E-state index < -0.39 is 0 Å². The fraction of sp³-hybridized carbons (Fsp3) is 0.625. The van der Waals surface area contributed by atoms with Gasteiger partial charge in [0.1, 0.15) is 0 Å². The van der Waals surface area contributed by atoms with E-state index in [2.05, 4.69) is 24.1 Å². The molecule has 0 spiro atoms. The molecule has 1 fully saturated rings. The maximum absolute atomic E-state index is 10.5. The van der Waals surface area contributed by atoms with Crippen molar-refractivity contribution >= 4 is 0 Å². The van der Waals surface area contributed by atoms with Gasteiger partial charge in [0.15, 0.2) is 0 Å². The molecule has 0 radical (unpaired) electrons. The SMILES string of the molecule is CN(CC1CCCCO1)C1Cc2ccccc2C1O. The molecule has 1 aliphatic carbocycles. The summed E-state index contributed by atoms with van der Waals surface area (Å²) in [7, 11) is 2.11. The lowest BCUT2D eigenvalue weighted by Crippen LogP contribution is -2.41. The summed E-state index contributed by atoms with van der Waals surface area (Å²) in [6.07, 6.45) is 4.55. The number of aliphatic hydroxyl groups excluding tert-OH is 1. The second-order valence-electron chi connectivity index (χ2n) is 5.84. The Morgan fingerprint density at radius 1 is 1.32 bits per heavy atom. The Labute approximate surface area is 115 Å². The molecule has 1 aromatic rings. The Morgan fingerprint density at radius 3 is 2.89 bits per heavy atom. The first-order valence-corrected chi connectivity index (χ1v) is 7.33. The molecule has 104 valence electrons. The normalized spacial score (nSPS) is 30.6. The number of likely N-dealkylation sites (N-methyl/N-ethyl adjacent to an activating group) is 1. The molecule has 1 heterocycles. The van der Waals surface area contributed by atoms with Crippen molar-refractivity contribution in [3.8, 4) is 0 Å². The zero-order valence-electron chi connectivity index (χ0n) is 11.6. The molecule has 1 aliphatic heterocycles. The fourth-order valence-corrected chi connectivity index (χ4v) is 3.36. The lowest BCUT2D eigenvalue weighted by Gasteiger charge is -2.32. The van der Waals surface area contributed by atoms with Crippen molar-refractivity contribution in [2.75, 3.05) is 20.2 Å². The average Bonchev–Trinajstić information content (AvgIpc) is 2.78. The first kappa shape index (κ1) is 13.1. The van der Waals surface area contributed by atoms with E-state index in [-0.39, 0.29) is 12.1 Å². The van der Waals surface area contributed by atoms with Crippen LogP contribution in [0.2, 0.25) is 0 Å². The van der Waals surface area contributed by atoms with Crippen LogP contribution in [0.1, 0.15) is 36.5 Å².